The fourth-order valence-electron chi connectivity index (χ4n) is 3.72. The van der Waals surface area contributed by atoms with Gasteiger partial charge in [-0.05, 0) is 61.1 Å². The number of hydrogen-bond donors (Lipinski definition) is 1. The number of anilines is 1. The topological polar surface area (TPSA) is 86.8 Å². The van der Waals surface area contributed by atoms with E-state index in [1.165, 1.54) is 21.3 Å². The van der Waals surface area contributed by atoms with Gasteiger partial charge in [-0.25, -0.2) is 12.8 Å². The molecule has 198 valence electrons. The SMILES string of the molecule is CCc1ccc(N(CCCC(=O)N(Cc2ccc(F)cc2)[C@H](C)C(=O)NCC(C)C)S(C)(=O)=O)cc1. The number of hydrogen-bond acceptors (Lipinski definition) is 4. The lowest BCUT2D eigenvalue weighted by molar-refractivity contribution is -0.140. The van der Waals surface area contributed by atoms with E-state index in [2.05, 4.69) is 5.32 Å². The van der Waals surface area contributed by atoms with E-state index >= 15 is 0 Å². The summed E-state index contributed by atoms with van der Waals surface area (Å²) in [7, 11) is -3.54. The van der Waals surface area contributed by atoms with E-state index in [0.717, 1.165) is 18.2 Å². The lowest BCUT2D eigenvalue weighted by Crippen LogP contribution is -2.48. The van der Waals surface area contributed by atoms with E-state index in [1.807, 2.05) is 32.9 Å². The van der Waals surface area contributed by atoms with Gasteiger partial charge in [-0.2, -0.15) is 0 Å². The van der Waals surface area contributed by atoms with Crippen molar-refractivity contribution in [1.82, 2.24) is 10.2 Å². The Hall–Kier alpha value is -2.94. The lowest BCUT2D eigenvalue weighted by Gasteiger charge is -2.29. The number of amides is 2. The van der Waals surface area contributed by atoms with Crippen LogP contribution in [0.4, 0.5) is 10.1 Å². The summed E-state index contributed by atoms with van der Waals surface area (Å²) in [6, 6.07) is 12.4. The molecule has 0 aliphatic rings. The minimum absolute atomic E-state index is 0.0576. The molecule has 0 spiro atoms. The van der Waals surface area contributed by atoms with Gasteiger partial charge in [-0.15, -0.1) is 0 Å². The van der Waals surface area contributed by atoms with Crippen molar-refractivity contribution in [1.29, 1.82) is 0 Å². The van der Waals surface area contributed by atoms with Crippen LogP contribution in [0.5, 0.6) is 0 Å². The minimum atomic E-state index is -3.54. The molecule has 0 saturated heterocycles. The third-order valence-corrected chi connectivity index (χ3v) is 7.10. The third-order valence-electron chi connectivity index (χ3n) is 5.90. The normalized spacial score (nSPS) is 12.3. The van der Waals surface area contributed by atoms with Gasteiger partial charge in [-0.3, -0.25) is 13.9 Å². The van der Waals surface area contributed by atoms with Gasteiger partial charge in [0.05, 0.1) is 11.9 Å². The number of rotatable bonds is 13. The van der Waals surface area contributed by atoms with Gasteiger partial charge in [0.1, 0.15) is 11.9 Å². The number of nitrogens with zero attached hydrogens (tertiary/aromatic N) is 2. The summed E-state index contributed by atoms with van der Waals surface area (Å²) in [4.78, 5) is 27.5. The van der Waals surface area contributed by atoms with E-state index in [4.69, 9.17) is 0 Å². The van der Waals surface area contributed by atoms with Crippen molar-refractivity contribution < 1.29 is 22.4 Å². The molecule has 0 aromatic heterocycles. The average molecular weight is 520 g/mol. The molecule has 36 heavy (non-hydrogen) atoms. The summed E-state index contributed by atoms with van der Waals surface area (Å²) < 4.78 is 39.5. The van der Waals surface area contributed by atoms with Crippen LogP contribution in [0.3, 0.4) is 0 Å². The smallest absolute Gasteiger partial charge is 0.242 e. The molecule has 0 radical (unpaired) electrons. The van der Waals surface area contributed by atoms with Crippen LogP contribution in [0.2, 0.25) is 0 Å². The van der Waals surface area contributed by atoms with Gasteiger partial charge in [0, 0.05) is 26.1 Å². The first-order valence-electron chi connectivity index (χ1n) is 12.3. The monoisotopic (exact) mass is 519 g/mol. The number of aryl methyl sites for hydroxylation is 1. The maximum absolute atomic E-state index is 13.4. The van der Waals surface area contributed by atoms with Crippen LogP contribution < -0.4 is 9.62 Å². The Morgan fingerprint density at radius 1 is 0.972 bits per heavy atom. The Balaban J connectivity index is 2.14. The molecule has 9 heteroatoms. The molecule has 0 aliphatic carbocycles. The molecule has 2 rings (SSSR count). The van der Waals surface area contributed by atoms with Crippen LogP contribution in [0.25, 0.3) is 0 Å². The molecule has 2 amide bonds. The Morgan fingerprint density at radius 3 is 2.08 bits per heavy atom. The molecule has 0 aliphatic heterocycles. The van der Waals surface area contributed by atoms with Crippen LogP contribution in [0.15, 0.2) is 48.5 Å². The molecule has 0 fully saturated rings. The van der Waals surface area contributed by atoms with Gasteiger partial charge < -0.3 is 10.2 Å². The minimum Gasteiger partial charge on any atom is -0.354 e. The highest BCUT2D eigenvalue weighted by molar-refractivity contribution is 7.92. The van der Waals surface area contributed by atoms with Gasteiger partial charge in [-0.1, -0.05) is 45.0 Å². The maximum Gasteiger partial charge on any atom is 0.242 e. The fraction of sp³-hybridized carbons (Fsp3) is 0.481. The first-order valence-corrected chi connectivity index (χ1v) is 14.2. The van der Waals surface area contributed by atoms with Crippen molar-refractivity contribution >= 4 is 27.5 Å². The molecule has 1 atom stereocenters. The molecule has 7 nitrogen and oxygen atoms in total. The number of halogens is 1. The molecule has 0 saturated carbocycles. The molecular formula is C27H38FN3O4S. The largest absolute Gasteiger partial charge is 0.354 e. The fourth-order valence-corrected chi connectivity index (χ4v) is 4.69. The molecule has 0 bridgehead atoms. The van der Waals surface area contributed by atoms with E-state index in [0.29, 0.717) is 17.8 Å². The summed E-state index contributed by atoms with van der Waals surface area (Å²) in [5.74, 6) is -0.669. The van der Waals surface area contributed by atoms with E-state index in [1.54, 1.807) is 31.2 Å². The van der Waals surface area contributed by atoms with Gasteiger partial charge >= 0.3 is 0 Å². The van der Waals surface area contributed by atoms with Crippen molar-refractivity contribution in [3.63, 3.8) is 0 Å². The Morgan fingerprint density at radius 2 is 1.56 bits per heavy atom. The number of carbonyl (C=O) groups excluding carboxylic acids is 2. The number of nitrogens with one attached hydrogen (secondary N) is 1. The van der Waals surface area contributed by atoms with E-state index < -0.39 is 16.1 Å². The van der Waals surface area contributed by atoms with Crippen molar-refractivity contribution in [2.24, 2.45) is 5.92 Å². The van der Waals surface area contributed by atoms with Crippen molar-refractivity contribution in [2.45, 2.75) is 59.5 Å². The highest BCUT2D eigenvalue weighted by atomic mass is 32.2. The Kier molecular flexibility index (Phi) is 10.9. The van der Waals surface area contributed by atoms with Gasteiger partial charge in [0.25, 0.3) is 0 Å². The number of benzene rings is 2. The first-order chi connectivity index (χ1) is 16.9. The second kappa shape index (κ2) is 13.4. The average Bonchev–Trinajstić information content (AvgIpc) is 2.83. The predicted octanol–water partition coefficient (Wildman–Crippen LogP) is 4.12. The van der Waals surface area contributed by atoms with Gasteiger partial charge in [0.2, 0.25) is 21.8 Å². The van der Waals surface area contributed by atoms with Crippen LogP contribution >= 0.6 is 0 Å². The summed E-state index contributed by atoms with van der Waals surface area (Å²) in [6.07, 6.45) is 2.33. The standard InChI is InChI=1S/C27H38FN3O4S/c1-6-22-11-15-25(16-12-22)31(36(5,34)35)17-7-8-26(32)30(19-23-9-13-24(28)14-10-23)21(4)27(33)29-18-20(2)3/h9-16,20-21H,6-8,17-19H2,1-5H3,(H,29,33)/t21-/m1/s1. The zero-order valence-corrected chi connectivity index (χ0v) is 22.6. The maximum atomic E-state index is 13.4. The highest BCUT2D eigenvalue weighted by Gasteiger charge is 2.26. The number of carbonyl (C=O) groups is 2. The predicted molar refractivity (Wildman–Crippen MR) is 142 cm³/mol. The van der Waals surface area contributed by atoms with Crippen LogP contribution in [0, 0.1) is 11.7 Å². The molecule has 0 unspecified atom stereocenters. The van der Waals surface area contributed by atoms with Crippen molar-refractivity contribution in [2.75, 3.05) is 23.7 Å². The second-order valence-corrected chi connectivity index (χ2v) is 11.3. The number of sulfonamides is 1. The lowest BCUT2D eigenvalue weighted by atomic mass is 10.1. The molecule has 1 N–H and O–H groups in total. The van der Waals surface area contributed by atoms with Crippen LogP contribution in [-0.4, -0.2) is 50.5 Å². The first kappa shape index (κ1) is 29.3. The summed E-state index contributed by atoms with van der Waals surface area (Å²) in [5.41, 5.74) is 2.34. The molecule has 2 aromatic carbocycles. The highest BCUT2D eigenvalue weighted by Crippen LogP contribution is 2.20. The van der Waals surface area contributed by atoms with Crippen LogP contribution in [-0.2, 0) is 32.6 Å². The zero-order chi connectivity index (χ0) is 26.9. The Bertz CT molecular complexity index is 1100. The summed E-state index contributed by atoms with van der Waals surface area (Å²) in [5, 5.41) is 2.86. The summed E-state index contributed by atoms with van der Waals surface area (Å²) in [6.45, 7) is 8.41. The second-order valence-electron chi connectivity index (χ2n) is 9.42. The van der Waals surface area contributed by atoms with Crippen molar-refractivity contribution in [3.8, 4) is 0 Å². The third kappa shape index (κ3) is 8.93. The van der Waals surface area contributed by atoms with E-state index in [-0.39, 0.29) is 49.5 Å². The van der Waals surface area contributed by atoms with Gasteiger partial charge in [0.15, 0.2) is 0 Å². The van der Waals surface area contributed by atoms with E-state index in [9.17, 15) is 22.4 Å². The molecule has 0 heterocycles. The zero-order valence-electron chi connectivity index (χ0n) is 21.8. The Labute approximate surface area is 214 Å². The quantitative estimate of drug-likeness (QED) is 0.431. The molecular weight excluding hydrogens is 481 g/mol. The molecule has 2 aromatic rings. The van der Waals surface area contributed by atoms with Crippen molar-refractivity contribution in [3.05, 3.63) is 65.5 Å². The van der Waals surface area contributed by atoms with Crippen LogP contribution in [0.1, 0.15) is 51.7 Å². The summed E-state index contributed by atoms with van der Waals surface area (Å²) >= 11 is 0.